The monoisotopic (exact) mass is 536 g/mol. The number of aromatic nitrogens is 1. The van der Waals surface area contributed by atoms with Gasteiger partial charge in [-0.3, -0.25) is 24.4 Å². The number of nitrogens with zero attached hydrogens (tertiary/aromatic N) is 4. The first-order valence-corrected chi connectivity index (χ1v) is 13.8. The van der Waals surface area contributed by atoms with Crippen LogP contribution in [0.2, 0.25) is 0 Å². The largest absolute Gasteiger partial charge is 0.459 e. The number of hydrogen-bond donors (Lipinski definition) is 0. The maximum absolute atomic E-state index is 12.8. The Kier molecular flexibility index (Phi) is 8.84. The number of carbonyl (C=O) groups excluding carboxylic acids is 2. The molecule has 3 aromatic carbocycles. The molecule has 7 nitrogen and oxygen atoms in total. The summed E-state index contributed by atoms with van der Waals surface area (Å²) in [6.07, 6.45) is 1.28. The van der Waals surface area contributed by atoms with Gasteiger partial charge in [0.2, 0.25) is 5.91 Å². The second-order valence-electron chi connectivity index (χ2n) is 10.3. The molecule has 4 aromatic rings. The number of carbonyl (C=O) groups is 2. The molecule has 206 valence electrons. The summed E-state index contributed by atoms with van der Waals surface area (Å²) in [5, 5.41) is 0.892. The van der Waals surface area contributed by atoms with E-state index in [-0.39, 0.29) is 24.5 Å². The van der Waals surface area contributed by atoms with Crippen LogP contribution in [0.5, 0.6) is 0 Å². The highest BCUT2D eigenvalue weighted by Crippen LogP contribution is 2.30. The normalized spacial score (nSPS) is 15.2. The second-order valence-corrected chi connectivity index (χ2v) is 10.3. The van der Waals surface area contributed by atoms with Gasteiger partial charge >= 0.3 is 5.97 Å². The molecule has 1 unspecified atom stereocenters. The molecule has 7 heteroatoms. The second kappa shape index (κ2) is 12.9. The minimum atomic E-state index is -0.459. The maximum atomic E-state index is 12.8. The fraction of sp³-hybridized carbons (Fsp3) is 0.303. The fourth-order valence-corrected chi connectivity index (χ4v) is 5.67. The van der Waals surface area contributed by atoms with Gasteiger partial charge in [0.1, 0.15) is 6.10 Å². The zero-order chi connectivity index (χ0) is 27.9. The lowest BCUT2D eigenvalue weighted by Crippen LogP contribution is -2.52. The van der Waals surface area contributed by atoms with Gasteiger partial charge in [0.05, 0.1) is 23.8 Å². The van der Waals surface area contributed by atoms with E-state index in [4.69, 9.17) is 4.74 Å². The zero-order valence-corrected chi connectivity index (χ0v) is 23.1. The predicted octanol–water partition coefficient (Wildman–Crippen LogP) is 4.93. The van der Waals surface area contributed by atoms with Crippen LogP contribution < -0.4 is 4.90 Å². The van der Waals surface area contributed by atoms with Crippen molar-refractivity contribution in [2.45, 2.75) is 26.0 Å². The number of benzene rings is 3. The number of pyridine rings is 1. The molecule has 0 radical (unpaired) electrons. The lowest BCUT2D eigenvalue weighted by Gasteiger charge is -2.41. The molecule has 1 fully saturated rings. The number of piperazine rings is 1. The number of esters is 1. The third kappa shape index (κ3) is 6.55. The van der Waals surface area contributed by atoms with Gasteiger partial charge in [0.25, 0.3) is 0 Å². The van der Waals surface area contributed by atoms with Crippen molar-refractivity contribution < 1.29 is 14.3 Å². The fourth-order valence-electron chi connectivity index (χ4n) is 5.67. The van der Waals surface area contributed by atoms with Gasteiger partial charge < -0.3 is 9.64 Å². The van der Waals surface area contributed by atoms with Gasteiger partial charge in [-0.05, 0) is 35.4 Å². The molecule has 0 bridgehead atoms. The van der Waals surface area contributed by atoms with E-state index >= 15 is 0 Å². The molecule has 0 saturated carbocycles. The van der Waals surface area contributed by atoms with Gasteiger partial charge in [-0.1, -0.05) is 66.7 Å². The van der Waals surface area contributed by atoms with Crippen LogP contribution in [0.1, 0.15) is 31.0 Å². The SMILES string of the molecule is CC(=O)OC(CN1CCN(C(c2ccccc2)c2ccccc2)CC1)CN(C(C)=O)c1cccc2ncccc12. The van der Waals surface area contributed by atoms with Gasteiger partial charge in [-0.2, -0.15) is 0 Å². The molecule has 1 saturated heterocycles. The topological polar surface area (TPSA) is 66.0 Å². The molecule has 0 spiro atoms. The van der Waals surface area contributed by atoms with Crippen LogP contribution in [0.4, 0.5) is 5.69 Å². The Morgan fingerprint density at radius 2 is 1.48 bits per heavy atom. The molecule has 40 heavy (non-hydrogen) atoms. The third-order valence-electron chi connectivity index (χ3n) is 7.48. The summed E-state index contributed by atoms with van der Waals surface area (Å²) in [6, 6.07) is 31.0. The van der Waals surface area contributed by atoms with E-state index in [9.17, 15) is 9.59 Å². The first kappa shape index (κ1) is 27.5. The summed E-state index contributed by atoms with van der Waals surface area (Å²) in [5.41, 5.74) is 4.15. The Morgan fingerprint density at radius 1 is 0.825 bits per heavy atom. The Hall–Kier alpha value is -4.07. The number of rotatable bonds is 9. The van der Waals surface area contributed by atoms with Crippen LogP contribution in [0.3, 0.4) is 0 Å². The van der Waals surface area contributed by atoms with Crippen molar-refractivity contribution in [3.63, 3.8) is 0 Å². The van der Waals surface area contributed by atoms with Crippen molar-refractivity contribution in [3.05, 3.63) is 108 Å². The highest BCUT2D eigenvalue weighted by Gasteiger charge is 2.29. The van der Waals surface area contributed by atoms with E-state index in [1.807, 2.05) is 30.3 Å². The van der Waals surface area contributed by atoms with Crippen LogP contribution >= 0.6 is 0 Å². The van der Waals surface area contributed by atoms with Crippen molar-refractivity contribution in [1.29, 1.82) is 0 Å². The summed E-state index contributed by atoms with van der Waals surface area (Å²) in [7, 11) is 0. The number of ether oxygens (including phenoxy) is 1. The zero-order valence-electron chi connectivity index (χ0n) is 23.1. The van der Waals surface area contributed by atoms with Gasteiger partial charge in [-0.25, -0.2) is 0 Å². The average Bonchev–Trinajstić information content (AvgIpc) is 2.97. The lowest BCUT2D eigenvalue weighted by molar-refractivity contribution is -0.147. The minimum absolute atomic E-state index is 0.105. The smallest absolute Gasteiger partial charge is 0.303 e. The maximum Gasteiger partial charge on any atom is 0.303 e. The highest BCUT2D eigenvalue weighted by atomic mass is 16.5. The number of hydrogen-bond acceptors (Lipinski definition) is 6. The number of amides is 1. The summed E-state index contributed by atoms with van der Waals surface area (Å²) >= 11 is 0. The molecule has 5 rings (SSSR count). The Labute approximate surface area is 236 Å². The minimum Gasteiger partial charge on any atom is -0.459 e. The molecule has 1 aliphatic heterocycles. The average molecular weight is 537 g/mol. The first-order valence-electron chi connectivity index (χ1n) is 13.8. The predicted molar refractivity (Wildman–Crippen MR) is 158 cm³/mol. The standard InChI is InChI=1S/C33H36N4O3/c1-25(38)37(32-17-9-16-31-30(32)15-10-18-34-31)24-29(40-26(2)39)23-35-19-21-36(22-20-35)33(27-11-5-3-6-12-27)28-13-7-4-8-14-28/h3-18,29,33H,19-24H2,1-2H3. The number of fused-ring (bicyclic) bond motifs is 1. The summed E-state index contributed by atoms with van der Waals surface area (Å²) in [4.78, 5) is 35.9. The molecular formula is C33H36N4O3. The quantitative estimate of drug-likeness (QED) is 0.283. The third-order valence-corrected chi connectivity index (χ3v) is 7.48. The van der Waals surface area contributed by atoms with Gasteiger partial charge in [-0.15, -0.1) is 0 Å². The van der Waals surface area contributed by atoms with Crippen LogP contribution in [-0.2, 0) is 14.3 Å². The van der Waals surface area contributed by atoms with E-state index in [1.165, 1.54) is 18.1 Å². The van der Waals surface area contributed by atoms with E-state index in [2.05, 4.69) is 75.4 Å². The van der Waals surface area contributed by atoms with Crippen molar-refractivity contribution in [1.82, 2.24) is 14.8 Å². The molecule has 0 N–H and O–H groups in total. The molecule has 0 aliphatic carbocycles. The number of anilines is 1. The molecular weight excluding hydrogens is 500 g/mol. The molecule has 2 heterocycles. The van der Waals surface area contributed by atoms with E-state index in [0.717, 1.165) is 42.8 Å². The Bertz CT molecular complexity index is 1380. The van der Waals surface area contributed by atoms with Crippen molar-refractivity contribution in [2.75, 3.05) is 44.2 Å². The van der Waals surface area contributed by atoms with Crippen LogP contribution in [0.25, 0.3) is 10.9 Å². The summed E-state index contributed by atoms with van der Waals surface area (Å²) in [6.45, 7) is 7.25. The van der Waals surface area contributed by atoms with Crippen molar-refractivity contribution in [2.24, 2.45) is 0 Å². The lowest BCUT2D eigenvalue weighted by atomic mass is 9.96. The van der Waals surface area contributed by atoms with Crippen LogP contribution in [0.15, 0.2) is 97.2 Å². The molecule has 1 amide bonds. The molecule has 1 atom stereocenters. The molecule has 1 aliphatic rings. The van der Waals surface area contributed by atoms with Crippen molar-refractivity contribution >= 4 is 28.5 Å². The van der Waals surface area contributed by atoms with Crippen LogP contribution in [0, 0.1) is 0 Å². The van der Waals surface area contributed by atoms with Gasteiger partial charge in [0, 0.05) is 58.2 Å². The van der Waals surface area contributed by atoms with Crippen molar-refractivity contribution in [3.8, 4) is 0 Å². The summed E-state index contributed by atoms with van der Waals surface area (Å²) in [5.74, 6) is -0.452. The molecule has 1 aromatic heterocycles. The summed E-state index contributed by atoms with van der Waals surface area (Å²) < 4.78 is 5.78. The van der Waals surface area contributed by atoms with E-state index < -0.39 is 6.10 Å². The van der Waals surface area contributed by atoms with Crippen LogP contribution in [-0.4, -0.2) is 72.0 Å². The van der Waals surface area contributed by atoms with E-state index in [1.54, 1.807) is 18.0 Å². The first-order chi connectivity index (χ1) is 19.5. The van der Waals surface area contributed by atoms with E-state index in [0.29, 0.717) is 6.54 Å². The van der Waals surface area contributed by atoms with Gasteiger partial charge in [0.15, 0.2) is 0 Å². The Morgan fingerprint density at radius 3 is 2.08 bits per heavy atom. The Balaban J connectivity index is 1.30. The highest BCUT2D eigenvalue weighted by molar-refractivity contribution is 6.01.